The largest absolute Gasteiger partial charge is 0.497 e. The van der Waals surface area contributed by atoms with Crippen molar-refractivity contribution in [3.05, 3.63) is 90.5 Å². The highest BCUT2D eigenvalue weighted by atomic mass is 32.2. The second-order valence-corrected chi connectivity index (χ2v) is 9.92. The molecule has 200 valence electrons. The average Bonchev–Trinajstić information content (AvgIpc) is 2.92. The SMILES string of the molecule is C=CCOc1ccc(/C=N/NC(=O)CN(c2ccc(C)cc2)S(=O)(=O)c2ccc(OC)cc2)cc1OCC. The van der Waals surface area contributed by atoms with Crippen LogP contribution in [0, 0.1) is 6.92 Å². The first kappa shape index (κ1) is 28.3. The van der Waals surface area contributed by atoms with Crippen molar-refractivity contribution < 1.29 is 27.4 Å². The molecule has 0 heterocycles. The predicted molar refractivity (Wildman–Crippen MR) is 148 cm³/mol. The first-order valence-electron chi connectivity index (χ1n) is 11.8. The lowest BCUT2D eigenvalue weighted by molar-refractivity contribution is -0.119. The Morgan fingerprint density at radius 2 is 1.74 bits per heavy atom. The van der Waals surface area contributed by atoms with Gasteiger partial charge >= 0.3 is 0 Å². The molecule has 0 unspecified atom stereocenters. The summed E-state index contributed by atoms with van der Waals surface area (Å²) < 4.78 is 44.3. The van der Waals surface area contributed by atoms with Crippen LogP contribution in [0.4, 0.5) is 5.69 Å². The number of hydrogen-bond acceptors (Lipinski definition) is 7. The molecule has 0 atom stereocenters. The smallest absolute Gasteiger partial charge is 0.264 e. The monoisotopic (exact) mass is 537 g/mol. The van der Waals surface area contributed by atoms with Crippen molar-refractivity contribution in [3.8, 4) is 17.2 Å². The Balaban J connectivity index is 1.79. The van der Waals surface area contributed by atoms with E-state index in [2.05, 4.69) is 17.1 Å². The molecule has 1 N–H and O–H groups in total. The molecule has 3 aromatic rings. The molecular formula is C28H31N3O6S. The minimum atomic E-state index is -4.06. The van der Waals surface area contributed by atoms with Crippen molar-refractivity contribution in [1.82, 2.24) is 5.43 Å². The summed E-state index contributed by atoms with van der Waals surface area (Å²) in [5.41, 5.74) is 4.36. The third-order valence-electron chi connectivity index (χ3n) is 5.28. The number of benzene rings is 3. The Labute approximate surface area is 223 Å². The van der Waals surface area contributed by atoms with Gasteiger partial charge in [-0.25, -0.2) is 13.8 Å². The van der Waals surface area contributed by atoms with Gasteiger partial charge in [-0.3, -0.25) is 9.10 Å². The summed E-state index contributed by atoms with van der Waals surface area (Å²) in [7, 11) is -2.57. The van der Waals surface area contributed by atoms with Crippen molar-refractivity contribution in [3.63, 3.8) is 0 Å². The Kier molecular flexibility index (Phi) is 9.89. The van der Waals surface area contributed by atoms with Gasteiger partial charge in [-0.2, -0.15) is 5.10 Å². The molecule has 0 aromatic heterocycles. The Bertz CT molecular complexity index is 1370. The van der Waals surface area contributed by atoms with Crippen molar-refractivity contribution in [2.75, 3.05) is 31.2 Å². The maximum Gasteiger partial charge on any atom is 0.264 e. The average molecular weight is 538 g/mol. The van der Waals surface area contributed by atoms with E-state index in [1.54, 1.807) is 60.7 Å². The Morgan fingerprint density at radius 1 is 1.03 bits per heavy atom. The number of rotatable bonds is 13. The van der Waals surface area contributed by atoms with E-state index in [0.29, 0.717) is 41.7 Å². The molecule has 0 aliphatic heterocycles. The molecule has 0 aliphatic carbocycles. The number of methoxy groups -OCH3 is 1. The van der Waals surface area contributed by atoms with Crippen molar-refractivity contribution in [2.24, 2.45) is 5.10 Å². The topological polar surface area (TPSA) is 107 Å². The summed E-state index contributed by atoms with van der Waals surface area (Å²) in [4.78, 5) is 12.8. The van der Waals surface area contributed by atoms with Crippen LogP contribution < -0.4 is 23.9 Å². The molecule has 0 radical (unpaired) electrons. The summed E-state index contributed by atoms with van der Waals surface area (Å²) in [6.45, 7) is 7.68. The number of ether oxygens (including phenoxy) is 3. The maximum absolute atomic E-state index is 13.5. The summed E-state index contributed by atoms with van der Waals surface area (Å²) >= 11 is 0. The molecule has 0 bridgehead atoms. The number of carbonyl (C=O) groups is 1. The number of nitrogens with zero attached hydrogens (tertiary/aromatic N) is 2. The van der Waals surface area contributed by atoms with Gasteiger partial charge in [0, 0.05) is 0 Å². The fourth-order valence-electron chi connectivity index (χ4n) is 3.39. The predicted octanol–water partition coefficient (Wildman–Crippen LogP) is 4.31. The first-order chi connectivity index (χ1) is 18.3. The summed E-state index contributed by atoms with van der Waals surface area (Å²) in [6.07, 6.45) is 3.07. The van der Waals surface area contributed by atoms with E-state index < -0.39 is 22.5 Å². The molecule has 0 saturated heterocycles. The van der Waals surface area contributed by atoms with Crippen LogP contribution in [-0.4, -0.2) is 47.4 Å². The van der Waals surface area contributed by atoms with Gasteiger partial charge in [0.1, 0.15) is 18.9 Å². The number of nitrogens with one attached hydrogen (secondary N) is 1. The lowest BCUT2D eigenvalue weighted by Crippen LogP contribution is -2.39. The lowest BCUT2D eigenvalue weighted by atomic mass is 10.2. The number of anilines is 1. The first-order valence-corrected chi connectivity index (χ1v) is 13.3. The molecule has 0 fully saturated rings. The fourth-order valence-corrected chi connectivity index (χ4v) is 4.81. The van der Waals surface area contributed by atoms with Crippen LogP contribution in [0.15, 0.2) is 89.4 Å². The van der Waals surface area contributed by atoms with Crippen LogP contribution in [0.25, 0.3) is 0 Å². The van der Waals surface area contributed by atoms with Gasteiger partial charge < -0.3 is 14.2 Å². The minimum absolute atomic E-state index is 0.0254. The number of hydrazone groups is 1. The van der Waals surface area contributed by atoms with E-state index in [1.165, 1.54) is 25.5 Å². The summed E-state index contributed by atoms with van der Waals surface area (Å²) in [6, 6.07) is 18.0. The van der Waals surface area contributed by atoms with Crippen LogP contribution in [0.2, 0.25) is 0 Å². The molecule has 0 saturated carbocycles. The molecule has 1 amide bonds. The van der Waals surface area contributed by atoms with Gasteiger partial charge in [-0.1, -0.05) is 30.4 Å². The summed E-state index contributed by atoms with van der Waals surface area (Å²) in [5.74, 6) is 0.992. The van der Waals surface area contributed by atoms with Crippen molar-refractivity contribution in [1.29, 1.82) is 0 Å². The number of hydrogen-bond donors (Lipinski definition) is 1. The number of sulfonamides is 1. The van der Waals surface area contributed by atoms with E-state index in [0.717, 1.165) is 9.87 Å². The number of aryl methyl sites for hydroxylation is 1. The third kappa shape index (κ3) is 7.36. The van der Waals surface area contributed by atoms with E-state index >= 15 is 0 Å². The third-order valence-corrected chi connectivity index (χ3v) is 7.07. The second kappa shape index (κ2) is 13.3. The van der Waals surface area contributed by atoms with Crippen LogP contribution >= 0.6 is 0 Å². The van der Waals surface area contributed by atoms with Crippen molar-refractivity contribution >= 4 is 27.8 Å². The van der Waals surface area contributed by atoms with Gasteiger partial charge in [0.25, 0.3) is 15.9 Å². The van der Waals surface area contributed by atoms with Gasteiger partial charge in [0.2, 0.25) is 0 Å². The molecule has 0 aliphatic rings. The standard InChI is InChI=1S/C28H31N3O6S/c1-5-17-37-26-16-9-22(18-27(26)36-6-2)19-29-30-28(32)20-31(23-10-7-21(3)8-11-23)38(33,34)25-14-12-24(35-4)13-15-25/h5,7-16,18-19H,1,6,17,20H2,2-4H3,(H,30,32)/b29-19+. The van der Waals surface area contributed by atoms with Gasteiger partial charge in [0.15, 0.2) is 11.5 Å². The zero-order valence-electron chi connectivity index (χ0n) is 21.6. The zero-order valence-corrected chi connectivity index (χ0v) is 22.4. The maximum atomic E-state index is 13.5. The lowest BCUT2D eigenvalue weighted by Gasteiger charge is -2.24. The fraction of sp³-hybridized carbons (Fsp3) is 0.214. The van der Waals surface area contributed by atoms with E-state index in [9.17, 15) is 13.2 Å². The minimum Gasteiger partial charge on any atom is -0.497 e. The quantitative estimate of drug-likeness (QED) is 0.198. The molecule has 38 heavy (non-hydrogen) atoms. The highest BCUT2D eigenvalue weighted by Gasteiger charge is 2.27. The summed E-state index contributed by atoms with van der Waals surface area (Å²) in [5, 5.41) is 4.00. The molecule has 10 heteroatoms. The van der Waals surface area contributed by atoms with Gasteiger partial charge in [-0.05, 0) is 74.0 Å². The normalized spacial score (nSPS) is 11.1. The Morgan fingerprint density at radius 3 is 2.37 bits per heavy atom. The number of amides is 1. The highest BCUT2D eigenvalue weighted by molar-refractivity contribution is 7.92. The van der Waals surface area contributed by atoms with E-state index in [1.807, 2.05) is 13.8 Å². The molecule has 3 rings (SSSR count). The van der Waals surface area contributed by atoms with Crippen LogP contribution in [0.5, 0.6) is 17.2 Å². The number of carbonyl (C=O) groups excluding carboxylic acids is 1. The zero-order chi connectivity index (χ0) is 27.5. The molecular weight excluding hydrogens is 506 g/mol. The van der Waals surface area contributed by atoms with Crippen LogP contribution in [0.3, 0.4) is 0 Å². The molecule has 9 nitrogen and oxygen atoms in total. The molecule has 0 spiro atoms. The molecule has 3 aromatic carbocycles. The van der Waals surface area contributed by atoms with Crippen molar-refractivity contribution in [2.45, 2.75) is 18.7 Å². The van der Waals surface area contributed by atoms with Gasteiger partial charge in [-0.15, -0.1) is 0 Å². The van der Waals surface area contributed by atoms with Gasteiger partial charge in [0.05, 0.1) is 30.5 Å². The second-order valence-electron chi connectivity index (χ2n) is 8.05. The van der Waals surface area contributed by atoms with E-state index in [4.69, 9.17) is 14.2 Å². The van der Waals surface area contributed by atoms with E-state index in [-0.39, 0.29) is 4.90 Å². The van der Waals surface area contributed by atoms with Crippen LogP contribution in [-0.2, 0) is 14.8 Å². The van der Waals surface area contributed by atoms with Crippen LogP contribution in [0.1, 0.15) is 18.1 Å². The highest BCUT2D eigenvalue weighted by Crippen LogP contribution is 2.28. The Hall–Kier alpha value is -4.31.